The summed E-state index contributed by atoms with van der Waals surface area (Å²) in [5, 5.41) is 0. The van der Waals surface area contributed by atoms with Gasteiger partial charge in [0.25, 0.3) is 0 Å². The SMILES string of the molecule is C[PH+](C)CC(C)(C[PH+](C)C)C[PH+](C)C.[C-]#[N+]c1ccccc1.[C-]#[N+]c1ccccc1.[C-]#[N+]c1ccccc1.[Mo+3]. The molecule has 1 radical (unpaired) electrons. The number of hydrogen-bond donors (Lipinski definition) is 0. The van der Waals surface area contributed by atoms with Crippen LogP contribution in [0.15, 0.2) is 91.0 Å². The minimum absolute atomic E-state index is 0. The van der Waals surface area contributed by atoms with E-state index in [1.54, 1.807) is 36.4 Å². The van der Waals surface area contributed by atoms with Crippen LogP contribution in [0, 0.1) is 25.1 Å². The summed E-state index contributed by atoms with van der Waals surface area (Å²) in [5.74, 6) is 0. The van der Waals surface area contributed by atoms with Crippen LogP contribution in [0.1, 0.15) is 6.92 Å². The second kappa shape index (κ2) is 23.9. The Balaban J connectivity index is 0. The average molecular weight is 661 g/mol. The summed E-state index contributed by atoms with van der Waals surface area (Å²) in [6.45, 7) is 37.1. The van der Waals surface area contributed by atoms with E-state index in [2.05, 4.69) is 61.4 Å². The second-order valence-electron chi connectivity index (χ2n) is 10.3. The fraction of sp³-hybridized carbons (Fsp3) is 0.344. The first-order valence-electron chi connectivity index (χ1n) is 12.7. The standard InChI is InChI=1S/C11H27P3.3C7H5N.Mo/c1-11(8-12(2)3,9-13(4)5)10-14(6)7;3*1-8-7-5-3-2-4-6-7;/h8-10H2,1-7H3;3*2-6H;/q;;;;+3/p+3. The van der Waals surface area contributed by atoms with Crippen molar-refractivity contribution >= 4 is 40.8 Å². The average Bonchev–Trinajstić information content (AvgIpc) is 2.89. The van der Waals surface area contributed by atoms with Gasteiger partial charge in [-0.15, -0.1) is 0 Å². The van der Waals surface area contributed by atoms with E-state index in [1.807, 2.05) is 54.6 Å². The van der Waals surface area contributed by atoms with Crippen LogP contribution in [0.4, 0.5) is 17.1 Å². The first kappa shape index (κ1) is 39.3. The molecule has 0 heterocycles. The molecule has 0 saturated carbocycles. The first-order valence-corrected chi connectivity index (χ1v) is 20.8. The molecule has 0 aliphatic heterocycles. The van der Waals surface area contributed by atoms with Gasteiger partial charge in [0.2, 0.25) is 0 Å². The van der Waals surface area contributed by atoms with Gasteiger partial charge in [-0.2, -0.15) is 0 Å². The topological polar surface area (TPSA) is 13.1 Å². The maximum Gasteiger partial charge on any atom is 3.00 e. The molecule has 0 fully saturated rings. The van der Waals surface area contributed by atoms with E-state index in [9.17, 15) is 0 Å². The van der Waals surface area contributed by atoms with Gasteiger partial charge < -0.3 is 0 Å². The Morgan fingerprint density at radius 2 is 0.692 bits per heavy atom. The van der Waals surface area contributed by atoms with Crippen molar-refractivity contribution in [2.45, 2.75) is 6.92 Å². The van der Waals surface area contributed by atoms with Gasteiger partial charge in [0.05, 0.1) is 43.6 Å². The Labute approximate surface area is 256 Å². The second-order valence-corrected chi connectivity index (χ2v) is 18.6. The zero-order valence-electron chi connectivity index (χ0n) is 24.5. The molecule has 3 rings (SSSR count). The van der Waals surface area contributed by atoms with Crippen LogP contribution in [0.5, 0.6) is 0 Å². The van der Waals surface area contributed by atoms with Crippen molar-refractivity contribution in [2.75, 3.05) is 58.5 Å². The molecule has 0 saturated heterocycles. The Morgan fingerprint density at radius 1 is 0.487 bits per heavy atom. The van der Waals surface area contributed by atoms with Crippen LogP contribution >= 0.6 is 23.8 Å². The molecule has 0 N–H and O–H groups in total. The molecule has 0 amide bonds. The fourth-order valence-electron chi connectivity index (χ4n) is 4.26. The Bertz CT molecular complexity index is 974. The van der Waals surface area contributed by atoms with Crippen molar-refractivity contribution in [3.63, 3.8) is 0 Å². The quantitative estimate of drug-likeness (QED) is 0.142. The molecular weight excluding hydrogens is 615 g/mol. The maximum absolute atomic E-state index is 6.57. The predicted octanol–water partition coefficient (Wildman–Crippen LogP) is 10.1. The van der Waals surface area contributed by atoms with Crippen LogP contribution in [0.2, 0.25) is 0 Å². The van der Waals surface area contributed by atoms with Gasteiger partial charge >= 0.3 is 21.1 Å². The summed E-state index contributed by atoms with van der Waals surface area (Å²) in [6.07, 6.45) is 4.59. The Hall–Kier alpha value is -1.89. The van der Waals surface area contributed by atoms with E-state index in [0.717, 1.165) is 0 Å². The number of rotatable bonds is 6. The van der Waals surface area contributed by atoms with Crippen LogP contribution in [-0.4, -0.2) is 58.5 Å². The van der Waals surface area contributed by atoms with Crippen molar-refractivity contribution in [3.8, 4) is 0 Å². The molecule has 0 aromatic heterocycles. The fourth-order valence-corrected chi connectivity index (χ4v) is 10.9. The maximum atomic E-state index is 6.57. The normalized spacial score (nSPS) is 9.62. The van der Waals surface area contributed by atoms with Gasteiger partial charge in [0, 0.05) is 40.0 Å². The third kappa shape index (κ3) is 22.6. The van der Waals surface area contributed by atoms with Crippen molar-refractivity contribution in [2.24, 2.45) is 5.41 Å². The van der Waals surface area contributed by atoms with E-state index in [1.165, 1.54) is 18.5 Å². The largest absolute Gasteiger partial charge is 3.00 e. The van der Waals surface area contributed by atoms with Gasteiger partial charge in [-0.05, 0) is 30.7 Å². The van der Waals surface area contributed by atoms with Crippen molar-refractivity contribution in [1.29, 1.82) is 0 Å². The number of hydrogen-bond acceptors (Lipinski definition) is 0. The van der Waals surface area contributed by atoms with Crippen molar-refractivity contribution < 1.29 is 21.1 Å². The summed E-state index contributed by atoms with van der Waals surface area (Å²) in [7, 11) is -0.147. The molecule has 0 unspecified atom stereocenters. The monoisotopic (exact) mass is 662 g/mol. The molecule has 0 aliphatic carbocycles. The van der Waals surface area contributed by atoms with Gasteiger partial charge in [0.15, 0.2) is 17.1 Å². The number of benzene rings is 3. The number of nitrogens with zero attached hydrogens (tertiary/aromatic N) is 3. The molecule has 39 heavy (non-hydrogen) atoms. The molecule has 0 atom stereocenters. The Kier molecular flexibility index (Phi) is 24.1. The minimum Gasteiger partial charge on any atom is -0.238 e. The molecule has 3 nitrogen and oxygen atoms in total. The molecule has 3 aromatic rings. The Morgan fingerprint density at radius 3 is 0.821 bits per heavy atom. The van der Waals surface area contributed by atoms with Crippen LogP contribution in [0.3, 0.4) is 0 Å². The van der Waals surface area contributed by atoms with Crippen molar-refractivity contribution in [3.05, 3.63) is 125 Å². The molecule has 3 aromatic carbocycles. The van der Waals surface area contributed by atoms with Crippen LogP contribution in [-0.2, 0) is 21.1 Å². The molecule has 203 valence electrons. The van der Waals surface area contributed by atoms with Crippen LogP contribution < -0.4 is 0 Å². The zero-order chi connectivity index (χ0) is 28.8. The predicted molar refractivity (Wildman–Crippen MR) is 181 cm³/mol. The third-order valence-corrected chi connectivity index (χ3v) is 9.68. The summed E-state index contributed by atoms with van der Waals surface area (Å²) in [5.41, 5.74) is 2.81. The molecule has 0 bridgehead atoms. The van der Waals surface area contributed by atoms with E-state index in [0.29, 0.717) is 22.5 Å². The minimum atomic E-state index is -0.0489. The van der Waals surface area contributed by atoms with Gasteiger partial charge in [-0.25, -0.2) is 14.5 Å². The third-order valence-electron chi connectivity index (χ3n) is 5.00. The van der Waals surface area contributed by atoms with Crippen LogP contribution in [0.25, 0.3) is 14.5 Å². The van der Waals surface area contributed by atoms with Gasteiger partial charge in [-0.1, -0.05) is 91.0 Å². The summed E-state index contributed by atoms with van der Waals surface area (Å²) < 4.78 is 0. The van der Waals surface area contributed by atoms with Gasteiger partial charge in [0.1, 0.15) is 0 Å². The van der Waals surface area contributed by atoms with E-state index in [-0.39, 0.29) is 44.8 Å². The van der Waals surface area contributed by atoms with Gasteiger partial charge in [-0.3, -0.25) is 0 Å². The molecule has 7 heteroatoms. The number of para-hydroxylation sites is 3. The van der Waals surface area contributed by atoms with E-state index in [4.69, 9.17) is 19.7 Å². The zero-order valence-corrected chi connectivity index (χ0v) is 29.5. The molecule has 0 spiro atoms. The first-order chi connectivity index (χ1) is 18.0. The van der Waals surface area contributed by atoms with E-state index < -0.39 is 0 Å². The molecule has 0 aliphatic rings. The van der Waals surface area contributed by atoms with Crippen molar-refractivity contribution in [1.82, 2.24) is 0 Å². The summed E-state index contributed by atoms with van der Waals surface area (Å²) in [4.78, 5) is 9.66. The van der Waals surface area contributed by atoms with E-state index >= 15 is 0 Å². The summed E-state index contributed by atoms with van der Waals surface area (Å²) >= 11 is 0. The summed E-state index contributed by atoms with van der Waals surface area (Å²) in [6, 6.07) is 27.5. The molecular formula is C32H45MoN3P3+6. The smallest absolute Gasteiger partial charge is 0.238 e.